The number of hydrogen-bond donors (Lipinski definition) is 1. The number of nitrogens with one attached hydrogen (secondary N) is 1. The van der Waals surface area contributed by atoms with E-state index in [0.29, 0.717) is 13.0 Å². The smallest absolute Gasteiger partial charge is 0.165 e. The van der Waals surface area contributed by atoms with Gasteiger partial charge in [-0.25, -0.2) is 9.82 Å². The molecule has 1 heterocycles. The number of carbonyl (C=O) groups is 1. The highest BCUT2D eigenvalue weighted by Gasteiger charge is 2.29. The number of aldehydes is 1. The summed E-state index contributed by atoms with van der Waals surface area (Å²) in [6.07, 6.45) is 2.28. The van der Waals surface area contributed by atoms with Crippen LogP contribution in [0.25, 0.3) is 0 Å². The lowest BCUT2D eigenvalue weighted by molar-refractivity contribution is -0.109. The highest BCUT2D eigenvalue weighted by molar-refractivity contribution is 5.65. The summed E-state index contributed by atoms with van der Waals surface area (Å²) in [4.78, 5) is 11.3. The van der Waals surface area contributed by atoms with Gasteiger partial charge in [0.2, 0.25) is 0 Å². The van der Waals surface area contributed by atoms with Gasteiger partial charge in [0.1, 0.15) is 12.3 Å². The third kappa shape index (κ3) is 3.91. The molecule has 2 rings (SSSR count). The second kappa shape index (κ2) is 7.59. The number of benzene rings is 1. The van der Waals surface area contributed by atoms with Crippen molar-refractivity contribution in [1.29, 1.82) is 0 Å². The van der Waals surface area contributed by atoms with E-state index in [1.807, 2.05) is 24.9 Å². The van der Waals surface area contributed by atoms with E-state index in [9.17, 15) is 9.18 Å². The lowest BCUT2D eigenvalue weighted by Gasteiger charge is -2.25. The minimum absolute atomic E-state index is 0.247. The molecule has 1 aliphatic rings. The van der Waals surface area contributed by atoms with Gasteiger partial charge < -0.3 is 14.5 Å². The number of carbonyl (C=O) groups excluding carboxylic acids is 1. The van der Waals surface area contributed by atoms with Crippen LogP contribution in [0.5, 0.6) is 5.75 Å². The van der Waals surface area contributed by atoms with E-state index in [2.05, 4.69) is 19.3 Å². The van der Waals surface area contributed by atoms with Crippen LogP contribution in [0.2, 0.25) is 0 Å². The summed E-state index contributed by atoms with van der Waals surface area (Å²) in [7, 11) is 0. The zero-order valence-corrected chi connectivity index (χ0v) is 14.2. The maximum atomic E-state index is 14.1. The molecule has 1 aromatic carbocycles. The van der Waals surface area contributed by atoms with Crippen LogP contribution in [0.3, 0.4) is 0 Å². The van der Waals surface area contributed by atoms with Crippen molar-refractivity contribution in [3.05, 3.63) is 40.8 Å². The number of hydrogen-bond acceptors (Lipinski definition) is 4. The van der Waals surface area contributed by atoms with Gasteiger partial charge in [-0.2, -0.15) is 0 Å². The number of allylic oxidation sites excluding steroid dienone is 1. The Morgan fingerprint density at radius 1 is 1.43 bits per heavy atom. The molecule has 1 unspecified atom stereocenters. The third-order valence-corrected chi connectivity index (χ3v) is 3.98. The van der Waals surface area contributed by atoms with E-state index in [4.69, 9.17) is 4.74 Å². The zero-order valence-electron chi connectivity index (χ0n) is 14.2. The minimum atomic E-state index is -0.358. The van der Waals surface area contributed by atoms with Crippen molar-refractivity contribution in [3.8, 4) is 5.75 Å². The molecule has 1 aliphatic heterocycles. The van der Waals surface area contributed by atoms with Crippen LogP contribution < -0.4 is 10.2 Å². The van der Waals surface area contributed by atoms with Crippen LogP contribution >= 0.6 is 0 Å². The Bertz CT molecular complexity index is 599. The number of ether oxygens (including phenoxy) is 1. The molecular weight excluding hydrogens is 295 g/mol. The number of nitrogens with zero attached hydrogens (tertiary/aromatic N) is 1. The van der Waals surface area contributed by atoms with Gasteiger partial charge in [-0.3, -0.25) is 0 Å². The molecule has 0 amide bonds. The molecule has 0 bridgehead atoms. The van der Waals surface area contributed by atoms with Crippen molar-refractivity contribution in [3.63, 3.8) is 0 Å². The standard InChI is InChI=1S/C18H25FN2O2/c1-5-8-23-18-7-6-14(10-16(18)19)9-15-13(4)21(12(2)3)20-17(15)11-22/h6-7,10-12,17,20H,5,8-9H2,1-4H3. The fourth-order valence-corrected chi connectivity index (χ4v) is 2.79. The molecule has 23 heavy (non-hydrogen) atoms. The van der Waals surface area contributed by atoms with E-state index < -0.39 is 0 Å². The molecule has 5 heteroatoms. The predicted molar refractivity (Wildman–Crippen MR) is 88.6 cm³/mol. The Morgan fingerprint density at radius 2 is 2.17 bits per heavy atom. The Kier molecular flexibility index (Phi) is 5.77. The van der Waals surface area contributed by atoms with Crippen LogP contribution in [-0.4, -0.2) is 30.0 Å². The van der Waals surface area contributed by atoms with Gasteiger partial charge >= 0.3 is 0 Å². The van der Waals surface area contributed by atoms with Crippen molar-refractivity contribution in [2.24, 2.45) is 0 Å². The summed E-state index contributed by atoms with van der Waals surface area (Å²) in [5, 5.41) is 1.99. The minimum Gasteiger partial charge on any atom is -0.491 e. The zero-order chi connectivity index (χ0) is 17.0. The Hall–Kier alpha value is -1.88. The molecule has 0 saturated carbocycles. The predicted octanol–water partition coefficient (Wildman–Crippen LogP) is 3.23. The maximum Gasteiger partial charge on any atom is 0.165 e. The fourth-order valence-electron chi connectivity index (χ4n) is 2.79. The molecule has 1 N–H and O–H groups in total. The maximum absolute atomic E-state index is 14.1. The van der Waals surface area contributed by atoms with Crippen molar-refractivity contribution in [2.45, 2.75) is 52.6 Å². The summed E-state index contributed by atoms with van der Waals surface area (Å²) in [5.41, 5.74) is 6.03. The topological polar surface area (TPSA) is 41.6 Å². The van der Waals surface area contributed by atoms with Crippen LogP contribution in [0.4, 0.5) is 4.39 Å². The third-order valence-electron chi connectivity index (χ3n) is 3.98. The van der Waals surface area contributed by atoms with E-state index in [-0.39, 0.29) is 23.7 Å². The monoisotopic (exact) mass is 320 g/mol. The van der Waals surface area contributed by atoms with E-state index in [0.717, 1.165) is 29.5 Å². The van der Waals surface area contributed by atoms with E-state index in [1.54, 1.807) is 6.07 Å². The SMILES string of the molecule is CCCOc1ccc(CC2=C(C)N(C(C)C)NC2C=O)cc1F. The fraction of sp³-hybridized carbons (Fsp3) is 0.500. The molecule has 0 aliphatic carbocycles. The lowest BCUT2D eigenvalue weighted by Crippen LogP contribution is -2.42. The molecule has 1 aromatic rings. The second-order valence-electron chi connectivity index (χ2n) is 6.11. The molecule has 0 aromatic heterocycles. The molecule has 0 radical (unpaired) electrons. The van der Waals surface area contributed by atoms with Gasteiger partial charge in [0.15, 0.2) is 11.6 Å². The Morgan fingerprint density at radius 3 is 2.74 bits per heavy atom. The summed E-state index contributed by atoms with van der Waals surface area (Å²) < 4.78 is 19.5. The second-order valence-corrected chi connectivity index (χ2v) is 6.11. The molecule has 1 atom stereocenters. The van der Waals surface area contributed by atoms with Gasteiger partial charge in [0.05, 0.1) is 6.61 Å². The van der Waals surface area contributed by atoms with Crippen LogP contribution in [-0.2, 0) is 11.2 Å². The van der Waals surface area contributed by atoms with Gasteiger partial charge in [0.25, 0.3) is 0 Å². The van der Waals surface area contributed by atoms with Crippen LogP contribution in [0.15, 0.2) is 29.5 Å². The average molecular weight is 320 g/mol. The molecule has 4 nitrogen and oxygen atoms in total. The van der Waals surface area contributed by atoms with Gasteiger partial charge in [-0.05, 0) is 56.9 Å². The van der Waals surface area contributed by atoms with Crippen molar-refractivity contribution >= 4 is 6.29 Å². The summed E-state index contributed by atoms with van der Waals surface area (Å²) >= 11 is 0. The van der Waals surface area contributed by atoms with E-state index >= 15 is 0 Å². The molecule has 0 saturated heterocycles. The summed E-state index contributed by atoms with van der Waals surface area (Å²) in [5.74, 6) is -0.0786. The summed E-state index contributed by atoms with van der Waals surface area (Å²) in [6, 6.07) is 4.90. The van der Waals surface area contributed by atoms with Gasteiger partial charge in [-0.1, -0.05) is 13.0 Å². The Balaban J connectivity index is 2.20. The molecule has 0 fully saturated rings. The number of rotatable bonds is 7. The molecule has 126 valence electrons. The number of halogens is 1. The van der Waals surface area contributed by atoms with Crippen molar-refractivity contribution in [2.75, 3.05) is 6.61 Å². The lowest BCUT2D eigenvalue weighted by atomic mass is 9.99. The van der Waals surface area contributed by atoms with Crippen molar-refractivity contribution in [1.82, 2.24) is 10.4 Å². The highest BCUT2D eigenvalue weighted by atomic mass is 19.1. The first-order valence-corrected chi connectivity index (χ1v) is 8.09. The number of hydrazine groups is 1. The van der Waals surface area contributed by atoms with E-state index in [1.165, 1.54) is 6.07 Å². The normalized spacial score (nSPS) is 18.0. The first-order chi connectivity index (χ1) is 11.0. The average Bonchev–Trinajstić information content (AvgIpc) is 2.83. The first-order valence-electron chi connectivity index (χ1n) is 8.09. The Labute approximate surface area is 137 Å². The van der Waals surface area contributed by atoms with Crippen LogP contribution in [0.1, 0.15) is 39.7 Å². The molecular formula is C18H25FN2O2. The highest BCUT2D eigenvalue weighted by Crippen LogP contribution is 2.27. The van der Waals surface area contributed by atoms with Crippen LogP contribution in [0, 0.1) is 5.82 Å². The van der Waals surface area contributed by atoms with Gasteiger partial charge in [0, 0.05) is 11.7 Å². The molecule has 0 spiro atoms. The quantitative estimate of drug-likeness (QED) is 0.783. The van der Waals surface area contributed by atoms with Gasteiger partial charge in [-0.15, -0.1) is 0 Å². The van der Waals surface area contributed by atoms with Crippen molar-refractivity contribution < 1.29 is 13.9 Å². The summed E-state index contributed by atoms with van der Waals surface area (Å²) in [6.45, 7) is 8.58. The first kappa shape index (κ1) is 17.5. The largest absolute Gasteiger partial charge is 0.491 e.